The van der Waals surface area contributed by atoms with Gasteiger partial charge in [0.15, 0.2) is 5.11 Å². The lowest BCUT2D eigenvalue weighted by molar-refractivity contribution is 0.0954. The van der Waals surface area contributed by atoms with Crippen molar-refractivity contribution in [1.29, 1.82) is 0 Å². The number of methoxy groups -OCH3 is 2. The monoisotopic (exact) mass is 366 g/mol. The number of aromatic nitrogens is 1. The number of nitrogens with two attached hydrogens (primary N) is 1. The molecule has 2 rings (SSSR count). The molecule has 0 spiro atoms. The van der Waals surface area contributed by atoms with Crippen LogP contribution in [0.4, 0.5) is 5.69 Å². The average molecular weight is 367 g/mol. The second kappa shape index (κ2) is 7.80. The highest BCUT2D eigenvalue weighted by molar-refractivity contribution is 7.80. The van der Waals surface area contributed by atoms with E-state index in [0.29, 0.717) is 27.8 Å². The second-order valence-electron chi connectivity index (χ2n) is 4.51. The molecule has 0 radical (unpaired) electrons. The SMILES string of the molecule is COc1cc(N(NC(=O)c2cccnc2)C(N)=S)c(OC)cc1Cl. The van der Waals surface area contributed by atoms with E-state index in [4.69, 9.17) is 39.0 Å². The summed E-state index contributed by atoms with van der Waals surface area (Å²) in [6.45, 7) is 0. The summed E-state index contributed by atoms with van der Waals surface area (Å²) >= 11 is 11.1. The number of hydrogen-bond acceptors (Lipinski definition) is 5. The topological polar surface area (TPSA) is 89.7 Å². The van der Waals surface area contributed by atoms with Crippen LogP contribution < -0.4 is 25.6 Å². The highest BCUT2D eigenvalue weighted by Gasteiger charge is 2.21. The van der Waals surface area contributed by atoms with E-state index < -0.39 is 5.91 Å². The van der Waals surface area contributed by atoms with Gasteiger partial charge in [-0.05, 0) is 24.4 Å². The lowest BCUT2D eigenvalue weighted by Crippen LogP contribution is -2.49. The molecule has 0 saturated carbocycles. The van der Waals surface area contributed by atoms with E-state index in [0.717, 1.165) is 0 Å². The van der Waals surface area contributed by atoms with Crippen molar-refractivity contribution in [3.8, 4) is 11.5 Å². The summed E-state index contributed by atoms with van der Waals surface area (Å²) in [4.78, 5) is 16.2. The minimum Gasteiger partial charge on any atom is -0.495 e. The summed E-state index contributed by atoms with van der Waals surface area (Å²) in [6, 6.07) is 6.35. The van der Waals surface area contributed by atoms with E-state index in [-0.39, 0.29) is 5.11 Å². The molecule has 0 atom stereocenters. The van der Waals surface area contributed by atoms with Crippen LogP contribution in [0.1, 0.15) is 10.4 Å². The molecule has 0 aliphatic heterocycles. The minimum absolute atomic E-state index is 0.0880. The summed E-state index contributed by atoms with van der Waals surface area (Å²) < 4.78 is 10.5. The molecule has 0 aliphatic carbocycles. The van der Waals surface area contributed by atoms with Gasteiger partial charge in [0.05, 0.1) is 24.8 Å². The smallest absolute Gasteiger partial charge is 0.271 e. The number of halogens is 1. The number of hydrogen-bond donors (Lipinski definition) is 2. The zero-order valence-electron chi connectivity index (χ0n) is 12.9. The van der Waals surface area contributed by atoms with Crippen LogP contribution in [-0.2, 0) is 0 Å². The first-order valence-electron chi connectivity index (χ1n) is 6.70. The number of nitrogens with zero attached hydrogens (tertiary/aromatic N) is 2. The van der Waals surface area contributed by atoms with Crippen molar-refractivity contribution < 1.29 is 14.3 Å². The number of carbonyl (C=O) groups is 1. The van der Waals surface area contributed by atoms with Crippen LogP contribution >= 0.6 is 23.8 Å². The first kappa shape index (κ1) is 17.8. The molecule has 0 unspecified atom stereocenters. The van der Waals surface area contributed by atoms with Crippen molar-refractivity contribution in [2.45, 2.75) is 0 Å². The van der Waals surface area contributed by atoms with Crippen LogP contribution in [0.5, 0.6) is 11.5 Å². The molecule has 0 saturated heterocycles. The molecule has 1 heterocycles. The largest absolute Gasteiger partial charge is 0.495 e. The molecule has 1 aromatic carbocycles. The van der Waals surface area contributed by atoms with Crippen LogP contribution in [0.2, 0.25) is 5.02 Å². The van der Waals surface area contributed by atoms with Crippen molar-refractivity contribution >= 4 is 40.5 Å². The molecule has 7 nitrogen and oxygen atoms in total. The Balaban J connectivity index is 2.41. The third-order valence-corrected chi connectivity index (χ3v) is 3.53. The van der Waals surface area contributed by atoms with Crippen LogP contribution in [-0.4, -0.2) is 30.2 Å². The van der Waals surface area contributed by atoms with Crippen LogP contribution in [0, 0.1) is 0 Å². The fourth-order valence-corrected chi connectivity index (χ4v) is 2.29. The number of benzene rings is 1. The summed E-state index contributed by atoms with van der Waals surface area (Å²) in [5.74, 6) is 0.302. The van der Waals surface area contributed by atoms with Gasteiger partial charge in [-0.15, -0.1) is 0 Å². The molecule has 1 amide bonds. The van der Waals surface area contributed by atoms with Gasteiger partial charge < -0.3 is 15.2 Å². The van der Waals surface area contributed by atoms with Crippen LogP contribution in [0.3, 0.4) is 0 Å². The zero-order chi connectivity index (χ0) is 17.7. The maximum atomic E-state index is 12.3. The molecule has 2 aromatic rings. The summed E-state index contributed by atoms with van der Waals surface area (Å²) in [6.07, 6.45) is 2.99. The van der Waals surface area contributed by atoms with Gasteiger partial charge in [-0.25, -0.2) is 5.01 Å². The lowest BCUT2D eigenvalue weighted by Gasteiger charge is -2.25. The third kappa shape index (κ3) is 3.84. The highest BCUT2D eigenvalue weighted by Crippen LogP contribution is 2.37. The molecule has 0 fully saturated rings. The quantitative estimate of drug-likeness (QED) is 0.633. The maximum Gasteiger partial charge on any atom is 0.271 e. The first-order chi connectivity index (χ1) is 11.5. The van der Waals surface area contributed by atoms with Gasteiger partial charge in [-0.3, -0.25) is 15.2 Å². The Morgan fingerprint density at radius 3 is 2.58 bits per heavy atom. The Morgan fingerprint density at radius 2 is 2.04 bits per heavy atom. The summed E-state index contributed by atoms with van der Waals surface area (Å²) in [7, 11) is 2.93. The van der Waals surface area contributed by atoms with E-state index in [9.17, 15) is 4.79 Å². The predicted molar refractivity (Wildman–Crippen MR) is 95.5 cm³/mol. The number of amides is 1. The first-order valence-corrected chi connectivity index (χ1v) is 7.48. The predicted octanol–water partition coefficient (Wildman–Crippen LogP) is 2.15. The van der Waals surface area contributed by atoms with Gasteiger partial charge in [0.1, 0.15) is 17.2 Å². The molecular formula is C15H15ClN4O3S. The molecule has 126 valence electrons. The average Bonchev–Trinajstić information content (AvgIpc) is 2.59. The van der Waals surface area contributed by atoms with Gasteiger partial charge in [0.25, 0.3) is 5.91 Å². The summed E-state index contributed by atoms with van der Waals surface area (Å²) in [5, 5.41) is 1.47. The molecule has 3 N–H and O–H groups in total. The Hall–Kier alpha value is -2.58. The molecule has 0 aliphatic rings. The number of pyridine rings is 1. The van der Waals surface area contributed by atoms with Gasteiger partial charge in [-0.2, -0.15) is 0 Å². The van der Waals surface area contributed by atoms with Crippen molar-refractivity contribution in [2.24, 2.45) is 5.73 Å². The number of rotatable bonds is 4. The third-order valence-electron chi connectivity index (χ3n) is 3.05. The molecule has 1 aromatic heterocycles. The van der Waals surface area contributed by atoms with Crippen molar-refractivity contribution in [3.63, 3.8) is 0 Å². The molecule has 24 heavy (non-hydrogen) atoms. The molecule has 0 bridgehead atoms. The molecule has 9 heteroatoms. The van der Waals surface area contributed by atoms with Gasteiger partial charge >= 0.3 is 0 Å². The second-order valence-corrected chi connectivity index (χ2v) is 5.34. The fourth-order valence-electron chi connectivity index (χ4n) is 1.92. The number of carbonyl (C=O) groups excluding carboxylic acids is 1. The maximum absolute atomic E-state index is 12.3. The highest BCUT2D eigenvalue weighted by atomic mass is 35.5. The Labute approximate surface area is 149 Å². The van der Waals surface area contributed by atoms with Gasteiger partial charge in [-0.1, -0.05) is 11.6 Å². The fraction of sp³-hybridized carbons (Fsp3) is 0.133. The van der Waals surface area contributed by atoms with E-state index in [1.165, 1.54) is 31.5 Å². The summed E-state index contributed by atoms with van der Waals surface area (Å²) in [5.41, 5.74) is 9.07. The van der Waals surface area contributed by atoms with Crippen LogP contribution in [0.25, 0.3) is 0 Å². The Morgan fingerprint density at radius 1 is 1.33 bits per heavy atom. The Bertz CT molecular complexity index is 758. The van der Waals surface area contributed by atoms with Crippen LogP contribution in [0.15, 0.2) is 36.7 Å². The normalized spacial score (nSPS) is 9.96. The standard InChI is InChI=1S/C15H15ClN4O3S/c1-22-12-7-11(13(23-2)6-10(12)16)20(15(17)24)19-14(21)9-4-3-5-18-8-9/h3-8H,1-2H3,(H2,17,24)(H,19,21). The number of anilines is 1. The van der Waals surface area contributed by atoms with Crippen molar-refractivity contribution in [1.82, 2.24) is 10.4 Å². The number of hydrazine groups is 1. The number of nitrogens with one attached hydrogen (secondary N) is 1. The van der Waals surface area contributed by atoms with E-state index >= 15 is 0 Å². The Kier molecular flexibility index (Phi) is 5.78. The number of ether oxygens (including phenoxy) is 2. The lowest BCUT2D eigenvalue weighted by atomic mass is 10.2. The van der Waals surface area contributed by atoms with E-state index in [1.54, 1.807) is 24.4 Å². The molecular weight excluding hydrogens is 352 g/mol. The van der Waals surface area contributed by atoms with E-state index in [2.05, 4.69) is 10.4 Å². The van der Waals surface area contributed by atoms with Gasteiger partial charge in [0, 0.05) is 24.5 Å². The van der Waals surface area contributed by atoms with Crippen molar-refractivity contribution in [2.75, 3.05) is 19.2 Å². The number of thiocarbonyl (C=S) groups is 1. The minimum atomic E-state index is -0.438. The zero-order valence-corrected chi connectivity index (χ0v) is 14.5. The van der Waals surface area contributed by atoms with E-state index in [1.807, 2.05) is 0 Å². The van der Waals surface area contributed by atoms with Crippen molar-refractivity contribution in [3.05, 3.63) is 47.2 Å². The van der Waals surface area contributed by atoms with Gasteiger partial charge in [0.2, 0.25) is 0 Å².